The van der Waals surface area contributed by atoms with E-state index in [0.29, 0.717) is 13.0 Å². The summed E-state index contributed by atoms with van der Waals surface area (Å²) in [6.45, 7) is 2.79. The maximum Gasteiger partial charge on any atom is 0.224 e. The summed E-state index contributed by atoms with van der Waals surface area (Å²) >= 11 is 0. The van der Waals surface area contributed by atoms with Gasteiger partial charge in [-0.15, -0.1) is 0 Å². The van der Waals surface area contributed by atoms with Gasteiger partial charge in [-0.1, -0.05) is 84.0 Å². The van der Waals surface area contributed by atoms with Gasteiger partial charge in [-0.3, -0.25) is 9.78 Å². The number of nitrogens with one attached hydrogen (secondary N) is 1. The Bertz CT molecular complexity index is 834. The van der Waals surface area contributed by atoms with Gasteiger partial charge in [-0.25, -0.2) is 0 Å². The van der Waals surface area contributed by atoms with Crippen LogP contribution >= 0.6 is 0 Å². The second-order valence-corrected chi connectivity index (χ2v) is 9.07. The molecule has 32 heavy (non-hydrogen) atoms. The van der Waals surface area contributed by atoms with Crippen molar-refractivity contribution in [2.24, 2.45) is 0 Å². The van der Waals surface area contributed by atoms with Gasteiger partial charge >= 0.3 is 0 Å². The van der Waals surface area contributed by atoms with E-state index in [1.807, 2.05) is 30.5 Å². The predicted molar refractivity (Wildman–Crippen MR) is 133 cm³/mol. The van der Waals surface area contributed by atoms with Crippen LogP contribution in [0.1, 0.15) is 102 Å². The summed E-state index contributed by atoms with van der Waals surface area (Å²) in [6, 6.07) is 7.93. The number of rotatable bonds is 15. The van der Waals surface area contributed by atoms with Crippen molar-refractivity contribution in [2.75, 3.05) is 5.32 Å². The van der Waals surface area contributed by atoms with E-state index < -0.39 is 0 Å². The lowest BCUT2D eigenvalue weighted by Crippen LogP contribution is -2.12. The van der Waals surface area contributed by atoms with Gasteiger partial charge in [0.2, 0.25) is 5.91 Å². The summed E-state index contributed by atoms with van der Waals surface area (Å²) in [7, 11) is 0. The monoisotopic (exact) mass is 436 g/mol. The Labute approximate surface area is 194 Å². The topological polar surface area (TPSA) is 51.2 Å². The van der Waals surface area contributed by atoms with Gasteiger partial charge < -0.3 is 10.1 Å². The van der Waals surface area contributed by atoms with Crippen molar-refractivity contribution in [3.8, 4) is 16.9 Å². The molecule has 4 heteroatoms. The summed E-state index contributed by atoms with van der Waals surface area (Å²) in [4.78, 5) is 16.5. The van der Waals surface area contributed by atoms with Gasteiger partial charge in [0.05, 0.1) is 0 Å². The van der Waals surface area contributed by atoms with Crippen molar-refractivity contribution in [1.82, 2.24) is 4.98 Å². The zero-order valence-electron chi connectivity index (χ0n) is 19.8. The Balaban J connectivity index is 1.24. The molecule has 0 atom stereocenters. The van der Waals surface area contributed by atoms with Gasteiger partial charge in [-0.2, -0.15) is 0 Å². The molecule has 0 saturated heterocycles. The lowest BCUT2D eigenvalue weighted by atomic mass is 9.98. The van der Waals surface area contributed by atoms with Gasteiger partial charge in [0.15, 0.2) is 0 Å². The summed E-state index contributed by atoms with van der Waals surface area (Å²) in [5.74, 6) is 0.913. The Morgan fingerprint density at radius 3 is 2.22 bits per heavy atom. The molecule has 1 aliphatic rings. The van der Waals surface area contributed by atoms with E-state index in [4.69, 9.17) is 4.74 Å². The quantitative estimate of drug-likeness (QED) is 0.287. The van der Waals surface area contributed by atoms with E-state index in [2.05, 4.69) is 17.2 Å². The highest BCUT2D eigenvalue weighted by Crippen LogP contribution is 2.38. The molecular weight excluding hydrogens is 396 g/mol. The minimum absolute atomic E-state index is 0.0911. The molecule has 4 nitrogen and oxygen atoms in total. The summed E-state index contributed by atoms with van der Waals surface area (Å²) in [5, 5.41) is 3.03. The van der Waals surface area contributed by atoms with Crippen molar-refractivity contribution in [3.05, 3.63) is 42.2 Å². The number of ether oxygens (including phenoxy) is 1. The fourth-order valence-corrected chi connectivity index (χ4v) is 4.43. The number of amides is 1. The molecule has 0 spiro atoms. The molecule has 0 fully saturated rings. The van der Waals surface area contributed by atoms with Gasteiger partial charge in [0.1, 0.15) is 12.4 Å². The van der Waals surface area contributed by atoms with E-state index in [-0.39, 0.29) is 5.91 Å². The maximum absolute atomic E-state index is 12.3. The zero-order chi connectivity index (χ0) is 22.4. The first-order chi connectivity index (χ1) is 15.8. The predicted octanol–water partition coefficient (Wildman–Crippen LogP) is 8.06. The number of carbonyl (C=O) groups is 1. The minimum atomic E-state index is 0.0911. The fourth-order valence-electron chi connectivity index (χ4n) is 4.43. The highest BCUT2D eigenvalue weighted by Gasteiger charge is 2.17. The van der Waals surface area contributed by atoms with Crippen LogP contribution in [0.15, 0.2) is 36.7 Å². The molecule has 0 aliphatic carbocycles. The molecule has 3 rings (SSSR count). The second-order valence-electron chi connectivity index (χ2n) is 9.07. The van der Waals surface area contributed by atoms with Crippen LogP contribution in [-0.4, -0.2) is 10.9 Å². The van der Waals surface area contributed by atoms with Gasteiger partial charge in [-0.05, 0) is 30.2 Å². The largest absolute Gasteiger partial charge is 0.488 e. The van der Waals surface area contributed by atoms with Crippen LogP contribution in [0.2, 0.25) is 0 Å². The number of hydrogen-bond acceptors (Lipinski definition) is 3. The van der Waals surface area contributed by atoms with E-state index in [1.54, 1.807) is 6.20 Å². The van der Waals surface area contributed by atoms with E-state index in [9.17, 15) is 4.79 Å². The normalized spacial score (nSPS) is 12.0. The average Bonchev–Trinajstić information content (AvgIpc) is 2.82. The molecule has 2 heterocycles. The number of aromatic nitrogens is 1. The number of pyridine rings is 1. The van der Waals surface area contributed by atoms with Crippen LogP contribution in [0, 0.1) is 0 Å². The van der Waals surface area contributed by atoms with Crippen molar-refractivity contribution in [1.29, 1.82) is 0 Å². The average molecular weight is 437 g/mol. The van der Waals surface area contributed by atoms with Gasteiger partial charge in [0, 0.05) is 41.7 Å². The third-order valence-electron chi connectivity index (χ3n) is 6.35. The molecule has 1 aliphatic heterocycles. The van der Waals surface area contributed by atoms with E-state index in [1.165, 1.54) is 70.6 Å². The number of anilines is 1. The first-order valence-electron chi connectivity index (χ1n) is 12.8. The molecular formula is C28H40N2O2. The molecule has 1 aromatic heterocycles. The van der Waals surface area contributed by atoms with Crippen molar-refractivity contribution in [3.63, 3.8) is 0 Å². The zero-order valence-corrected chi connectivity index (χ0v) is 19.8. The van der Waals surface area contributed by atoms with Gasteiger partial charge in [0.25, 0.3) is 0 Å². The molecule has 0 unspecified atom stereocenters. The number of carbonyl (C=O) groups excluding carboxylic acids is 1. The van der Waals surface area contributed by atoms with Crippen LogP contribution in [-0.2, 0) is 11.4 Å². The van der Waals surface area contributed by atoms with Crippen molar-refractivity contribution < 1.29 is 9.53 Å². The Hall–Kier alpha value is -2.36. The number of fused-ring (bicyclic) bond motifs is 3. The van der Waals surface area contributed by atoms with E-state index in [0.717, 1.165) is 41.0 Å². The van der Waals surface area contributed by atoms with Crippen LogP contribution in [0.4, 0.5) is 5.69 Å². The SMILES string of the molecule is CCCCCCCCCCCCCCCC(=O)Nc1ccc2c(c1)OCc1cnccc1-2. The number of hydrogen-bond donors (Lipinski definition) is 1. The molecule has 2 aromatic rings. The first-order valence-corrected chi connectivity index (χ1v) is 12.8. The lowest BCUT2D eigenvalue weighted by Gasteiger charge is -2.21. The molecule has 0 bridgehead atoms. The second kappa shape index (κ2) is 13.9. The van der Waals surface area contributed by atoms with Crippen LogP contribution < -0.4 is 10.1 Å². The Morgan fingerprint density at radius 2 is 1.53 bits per heavy atom. The minimum Gasteiger partial charge on any atom is -0.488 e. The maximum atomic E-state index is 12.3. The summed E-state index contributed by atoms with van der Waals surface area (Å²) in [6.07, 6.45) is 21.4. The smallest absolute Gasteiger partial charge is 0.224 e. The van der Waals surface area contributed by atoms with Crippen molar-refractivity contribution >= 4 is 11.6 Å². The molecule has 0 saturated carbocycles. The number of unbranched alkanes of at least 4 members (excludes halogenated alkanes) is 12. The number of nitrogens with zero attached hydrogens (tertiary/aromatic N) is 1. The fraction of sp³-hybridized carbons (Fsp3) is 0.571. The lowest BCUT2D eigenvalue weighted by molar-refractivity contribution is -0.116. The highest BCUT2D eigenvalue weighted by molar-refractivity contribution is 5.91. The summed E-state index contributed by atoms with van der Waals surface area (Å²) in [5.41, 5.74) is 4.12. The van der Waals surface area contributed by atoms with Crippen LogP contribution in [0.5, 0.6) is 5.75 Å². The molecule has 1 aromatic carbocycles. The van der Waals surface area contributed by atoms with E-state index >= 15 is 0 Å². The summed E-state index contributed by atoms with van der Waals surface area (Å²) < 4.78 is 5.86. The van der Waals surface area contributed by atoms with Crippen LogP contribution in [0.25, 0.3) is 11.1 Å². The van der Waals surface area contributed by atoms with Crippen LogP contribution in [0.3, 0.4) is 0 Å². The Morgan fingerprint density at radius 1 is 0.875 bits per heavy atom. The molecule has 174 valence electrons. The molecule has 1 amide bonds. The van der Waals surface area contributed by atoms with Crippen molar-refractivity contribution in [2.45, 2.75) is 103 Å². The molecule has 0 radical (unpaired) electrons. The standard InChI is InChI=1S/C28H40N2O2/c1-2-3-4-5-6-7-8-9-10-11-12-13-14-15-28(31)30-24-16-17-26-25-18-19-29-21-23(25)22-32-27(26)20-24/h16-21H,2-15,22H2,1H3,(H,30,31). The Kier molecular flexibility index (Phi) is 10.6. The highest BCUT2D eigenvalue weighted by atomic mass is 16.5. The third kappa shape index (κ3) is 7.96. The third-order valence-corrected chi connectivity index (χ3v) is 6.35. The first kappa shape index (κ1) is 24.3. The number of benzene rings is 1. The molecule has 1 N–H and O–H groups in total.